The summed E-state index contributed by atoms with van der Waals surface area (Å²) in [5.74, 6) is -1.86. The van der Waals surface area contributed by atoms with Gasteiger partial charge in [0, 0.05) is 21.8 Å². The third-order valence-corrected chi connectivity index (χ3v) is 10.3. The first-order chi connectivity index (χ1) is 26.4. The monoisotopic (exact) mass is 940 g/mol. The van der Waals surface area contributed by atoms with Gasteiger partial charge >= 0.3 is 46.9 Å². The molecule has 0 unspecified atom stereocenters. The van der Waals surface area contributed by atoms with Gasteiger partial charge in [-0.1, -0.05) is 12.1 Å². The number of halogens is 13. The van der Waals surface area contributed by atoms with E-state index in [1.165, 1.54) is 36.5 Å². The molecule has 4 aromatic heterocycles. The molecule has 15 nitrogen and oxygen atoms in total. The second-order valence-electron chi connectivity index (χ2n) is 10.3. The summed E-state index contributed by atoms with van der Waals surface area (Å²) in [4.78, 5) is 20.3. The first-order valence-electron chi connectivity index (χ1n) is 14.1. The average molecular weight is 942 g/mol. The Labute approximate surface area is 324 Å². The van der Waals surface area contributed by atoms with Crippen molar-refractivity contribution >= 4 is 75.4 Å². The Morgan fingerprint density at radius 3 is 1.41 bits per heavy atom. The molecule has 31 heteroatoms. The number of aromatic amines is 2. The van der Waals surface area contributed by atoms with E-state index in [1.807, 2.05) is 3.63 Å². The van der Waals surface area contributed by atoms with Crippen molar-refractivity contribution in [2.45, 2.75) is 16.5 Å². The summed E-state index contributed by atoms with van der Waals surface area (Å²) in [5, 5.41) is 9.89. The molecule has 58 heavy (non-hydrogen) atoms. The molecule has 0 spiro atoms. The number of hydrogen-bond acceptors (Lipinski definition) is 13. The SMILES string of the molecule is O=S(=O)(OS(=O)(=O)C(F)(F)F)C(F)(F)F.O=S(=O)(Oc1cnc(Cl)nc1-c1cc2c(F)cccc2[nH]1)C(F)(F)F.Oc1cnc(Cl)nc1-c1cc2c(F)cccc2[nH]1. The van der Waals surface area contributed by atoms with Crippen LogP contribution in [0.3, 0.4) is 0 Å². The molecule has 6 aromatic rings. The summed E-state index contributed by atoms with van der Waals surface area (Å²) in [6.07, 6.45) is 1.88. The van der Waals surface area contributed by atoms with E-state index in [2.05, 4.69) is 34.1 Å². The van der Waals surface area contributed by atoms with Crippen molar-refractivity contribution in [2.75, 3.05) is 0 Å². The zero-order valence-corrected chi connectivity index (χ0v) is 30.9. The van der Waals surface area contributed by atoms with Crippen LogP contribution in [0.15, 0.2) is 60.9 Å². The minimum absolute atomic E-state index is 0.00299. The highest BCUT2D eigenvalue weighted by Crippen LogP contribution is 2.36. The van der Waals surface area contributed by atoms with E-state index in [-0.39, 0.29) is 44.6 Å². The van der Waals surface area contributed by atoms with E-state index < -0.39 is 58.4 Å². The quantitative estimate of drug-likeness (QED) is 0.0639. The number of benzene rings is 2. The lowest BCUT2D eigenvalue weighted by atomic mass is 10.2. The molecular weight excluding hydrogens is 928 g/mol. The molecule has 4 heterocycles. The summed E-state index contributed by atoms with van der Waals surface area (Å²) in [7, 11) is -19.6. The lowest BCUT2D eigenvalue weighted by molar-refractivity contribution is -0.0586. The van der Waals surface area contributed by atoms with E-state index in [0.29, 0.717) is 28.3 Å². The van der Waals surface area contributed by atoms with Crippen molar-refractivity contribution in [2.24, 2.45) is 0 Å². The number of fused-ring (bicyclic) bond motifs is 2. The topological polar surface area (TPSA) is 224 Å². The maximum Gasteiger partial charge on any atom is 0.534 e. The van der Waals surface area contributed by atoms with Crippen LogP contribution in [0.5, 0.6) is 11.5 Å². The molecule has 3 N–H and O–H groups in total. The van der Waals surface area contributed by atoms with Crippen molar-refractivity contribution in [3.63, 3.8) is 0 Å². The minimum Gasteiger partial charge on any atom is -0.504 e. The van der Waals surface area contributed by atoms with Gasteiger partial charge in [0.15, 0.2) is 11.5 Å². The van der Waals surface area contributed by atoms with E-state index in [9.17, 15) is 78.7 Å². The van der Waals surface area contributed by atoms with Crippen LogP contribution < -0.4 is 4.18 Å². The van der Waals surface area contributed by atoms with Gasteiger partial charge in [-0.05, 0) is 59.6 Å². The normalized spacial score (nSPS) is 12.8. The molecule has 314 valence electrons. The van der Waals surface area contributed by atoms with Crippen molar-refractivity contribution in [3.05, 3.63) is 83.1 Å². The summed E-state index contributed by atoms with van der Waals surface area (Å²) < 4.78 is 201. The maximum absolute atomic E-state index is 13.8. The second kappa shape index (κ2) is 16.3. The second-order valence-corrected chi connectivity index (χ2v) is 15.8. The molecule has 0 aliphatic rings. The van der Waals surface area contributed by atoms with E-state index >= 15 is 0 Å². The largest absolute Gasteiger partial charge is 0.534 e. The van der Waals surface area contributed by atoms with Crippen molar-refractivity contribution in [1.29, 1.82) is 0 Å². The molecule has 0 aliphatic carbocycles. The van der Waals surface area contributed by atoms with Gasteiger partial charge in [0.05, 0.1) is 23.8 Å². The number of hydrogen-bond donors (Lipinski definition) is 3. The number of nitrogens with zero attached hydrogens (tertiary/aromatic N) is 4. The van der Waals surface area contributed by atoms with Crippen LogP contribution in [-0.2, 0) is 34.0 Å². The Morgan fingerprint density at radius 1 is 0.603 bits per heavy atom. The number of alkyl halides is 9. The number of H-pyrrole nitrogens is 2. The number of nitrogens with one attached hydrogen (secondary N) is 2. The van der Waals surface area contributed by atoms with Crippen LogP contribution in [0.1, 0.15) is 0 Å². The third-order valence-electron chi connectivity index (χ3n) is 6.43. The van der Waals surface area contributed by atoms with E-state index in [4.69, 9.17) is 23.2 Å². The Balaban J connectivity index is 0.000000201. The predicted molar refractivity (Wildman–Crippen MR) is 177 cm³/mol. The molecule has 0 amide bonds. The number of aromatic nitrogens is 6. The van der Waals surface area contributed by atoms with Crippen LogP contribution in [0.4, 0.5) is 48.3 Å². The van der Waals surface area contributed by atoms with Crippen LogP contribution in [0.2, 0.25) is 10.6 Å². The standard InChI is InChI=1S/C13H6ClF4N3O3S.C12H7ClFN3O.C2F6O5S2/c14-12-19-5-10(24-25(22,23)13(16,17)18)11(21-12)9-4-6-7(15)2-1-3-8(6)20-9;13-12-15-5-10(18)11(17-12)9-4-6-7(14)2-1-3-8(6)16-9;3-1(4,5)14(9,10)13-15(11,12)2(6,7)8/h1-5,20H;1-5,16,18H;. The van der Waals surface area contributed by atoms with Crippen LogP contribution in [0, 0.1) is 11.6 Å². The van der Waals surface area contributed by atoms with Crippen molar-refractivity contribution in [1.82, 2.24) is 29.9 Å². The van der Waals surface area contributed by atoms with Crippen LogP contribution in [-0.4, -0.2) is 76.8 Å². The first-order valence-corrected chi connectivity index (χ1v) is 19.1. The molecule has 0 aliphatic heterocycles. The molecule has 0 saturated heterocycles. The predicted octanol–water partition coefficient (Wildman–Crippen LogP) is 7.47. The molecule has 0 bridgehead atoms. The molecule has 0 radical (unpaired) electrons. The van der Waals surface area contributed by atoms with Gasteiger partial charge in [-0.15, -0.1) is 3.63 Å². The van der Waals surface area contributed by atoms with Gasteiger partial charge in [0.2, 0.25) is 10.6 Å². The maximum atomic E-state index is 13.8. The summed E-state index contributed by atoms with van der Waals surface area (Å²) in [6.45, 7) is 0. The van der Waals surface area contributed by atoms with Gasteiger partial charge in [-0.3, -0.25) is 0 Å². The number of aromatic hydroxyl groups is 1. The lowest BCUT2D eigenvalue weighted by Gasteiger charge is -2.11. The fourth-order valence-corrected chi connectivity index (χ4v) is 6.29. The first kappa shape index (κ1) is 45.6. The molecule has 2 aromatic carbocycles. The highest BCUT2D eigenvalue weighted by Gasteiger charge is 2.57. The van der Waals surface area contributed by atoms with Crippen LogP contribution in [0.25, 0.3) is 44.6 Å². The molecule has 0 atom stereocenters. The minimum atomic E-state index is -6.85. The van der Waals surface area contributed by atoms with Crippen molar-refractivity contribution in [3.8, 4) is 34.3 Å². The fraction of sp³-hybridized carbons (Fsp3) is 0.111. The Morgan fingerprint density at radius 2 is 1.00 bits per heavy atom. The average Bonchev–Trinajstić information content (AvgIpc) is 3.72. The highest BCUT2D eigenvalue weighted by atomic mass is 35.5. The smallest absolute Gasteiger partial charge is 0.504 e. The van der Waals surface area contributed by atoms with Crippen LogP contribution >= 0.6 is 23.2 Å². The van der Waals surface area contributed by atoms with Gasteiger partial charge in [0.1, 0.15) is 23.0 Å². The molecular formula is C27H13Cl2F11N6O9S3. The Bertz CT molecular complexity index is 2800. The summed E-state index contributed by atoms with van der Waals surface area (Å²) in [6, 6.07) is 11.6. The van der Waals surface area contributed by atoms with Gasteiger partial charge in [0.25, 0.3) is 0 Å². The van der Waals surface area contributed by atoms with Gasteiger partial charge < -0.3 is 19.3 Å². The van der Waals surface area contributed by atoms with Crippen molar-refractivity contribution < 1.29 is 86.5 Å². The number of rotatable bonds is 6. The fourth-order valence-electron chi connectivity index (χ4n) is 4.01. The Hall–Kier alpha value is -5.10. The van der Waals surface area contributed by atoms with Gasteiger partial charge in [-0.2, -0.15) is 64.8 Å². The van der Waals surface area contributed by atoms with E-state index in [0.717, 1.165) is 0 Å². The highest BCUT2D eigenvalue weighted by molar-refractivity contribution is 8.00. The zero-order chi connectivity index (χ0) is 43.8. The molecule has 6 rings (SSSR count). The molecule has 0 fully saturated rings. The van der Waals surface area contributed by atoms with E-state index in [1.54, 1.807) is 18.2 Å². The third kappa shape index (κ3) is 10.3. The van der Waals surface area contributed by atoms with Gasteiger partial charge in [-0.25, -0.2) is 28.7 Å². The summed E-state index contributed by atoms with van der Waals surface area (Å²) in [5.41, 5.74) is -16.9. The summed E-state index contributed by atoms with van der Waals surface area (Å²) >= 11 is 11.3. The lowest BCUT2D eigenvalue weighted by Crippen LogP contribution is -2.34. The zero-order valence-electron chi connectivity index (χ0n) is 26.9. The molecule has 0 saturated carbocycles. The Kier molecular flexibility index (Phi) is 12.8.